The van der Waals surface area contributed by atoms with Gasteiger partial charge in [0.25, 0.3) is 5.92 Å². The zero-order valence-corrected chi connectivity index (χ0v) is 43.5. The molecule has 9 heteroatoms. The van der Waals surface area contributed by atoms with Crippen LogP contribution in [0.3, 0.4) is 0 Å². The van der Waals surface area contributed by atoms with Gasteiger partial charge in [-0.2, -0.15) is 0 Å². The molecule has 0 amide bonds. The minimum Gasteiger partial charge on any atom is -0.465 e. The molecule has 1 N–H and O–H groups in total. The molecule has 7 nitrogen and oxygen atoms in total. The van der Waals surface area contributed by atoms with Crippen molar-refractivity contribution in [3.8, 4) is 0 Å². The lowest BCUT2D eigenvalue weighted by atomic mass is 9.87. The Balaban J connectivity index is 2.57. The highest BCUT2D eigenvalue weighted by Crippen LogP contribution is 2.40. The zero-order chi connectivity index (χ0) is 47.5. The largest absolute Gasteiger partial charge is 0.465 e. The molecule has 1 saturated carbocycles. The summed E-state index contributed by atoms with van der Waals surface area (Å²) in [5, 5.41) is 9.71. The van der Waals surface area contributed by atoms with E-state index in [-0.39, 0.29) is 37.4 Å². The average molecular weight is 927 g/mol. The summed E-state index contributed by atoms with van der Waals surface area (Å²) in [6.45, 7) is 13.7. The third-order valence-corrected chi connectivity index (χ3v) is 14.2. The maximum atomic E-state index is 13.8. The van der Waals surface area contributed by atoms with Crippen molar-refractivity contribution in [3.05, 3.63) is 0 Å². The van der Waals surface area contributed by atoms with Gasteiger partial charge in [0.15, 0.2) is 0 Å². The molecule has 1 rings (SSSR count). The molecule has 1 aliphatic rings. The Morgan fingerprint density at radius 1 is 0.477 bits per heavy atom. The van der Waals surface area contributed by atoms with Gasteiger partial charge in [-0.25, -0.2) is 8.78 Å². The van der Waals surface area contributed by atoms with Crippen molar-refractivity contribution < 1.29 is 33.0 Å². The maximum Gasteiger partial charge on any atom is 0.305 e. The van der Waals surface area contributed by atoms with E-state index in [0.29, 0.717) is 51.0 Å². The average Bonchev–Trinajstić information content (AvgIpc) is 3.28. The lowest BCUT2D eigenvalue weighted by Crippen LogP contribution is -2.53. The summed E-state index contributed by atoms with van der Waals surface area (Å²) in [5.41, 5.74) is 0. The lowest BCUT2D eigenvalue weighted by Gasteiger charge is -2.43. The number of hydrogen-bond donors (Lipinski definition) is 1. The number of hydrogen-bond acceptors (Lipinski definition) is 7. The molecule has 0 heterocycles. The van der Waals surface area contributed by atoms with Gasteiger partial charge in [0.1, 0.15) is 0 Å². The predicted octanol–water partition coefficient (Wildman–Crippen LogP) is 15.8. The molecule has 0 aliphatic heterocycles. The first-order valence-corrected chi connectivity index (χ1v) is 28.4. The third-order valence-electron chi connectivity index (χ3n) is 14.2. The van der Waals surface area contributed by atoms with Crippen LogP contribution < -0.4 is 0 Å². The quantitative estimate of drug-likeness (QED) is 0.0481. The Bertz CT molecular complexity index is 964. The first-order chi connectivity index (χ1) is 31.7. The van der Waals surface area contributed by atoms with Crippen LogP contribution in [0.5, 0.6) is 0 Å². The number of esters is 2. The Labute approximate surface area is 401 Å². The summed E-state index contributed by atoms with van der Waals surface area (Å²) in [6.07, 6.45) is 41.6. The van der Waals surface area contributed by atoms with E-state index in [0.717, 1.165) is 83.8 Å². The Morgan fingerprint density at radius 3 is 1.15 bits per heavy atom. The van der Waals surface area contributed by atoms with Crippen molar-refractivity contribution in [2.24, 2.45) is 11.8 Å². The molecule has 1 aliphatic carbocycles. The zero-order valence-electron chi connectivity index (χ0n) is 43.5. The molecule has 0 aromatic carbocycles. The van der Waals surface area contributed by atoms with Gasteiger partial charge < -0.3 is 19.5 Å². The van der Waals surface area contributed by atoms with E-state index in [1.54, 1.807) is 0 Å². The molecule has 0 spiro atoms. The number of alkyl halides is 2. The third kappa shape index (κ3) is 37.3. The summed E-state index contributed by atoms with van der Waals surface area (Å²) < 4.78 is 39.3. The van der Waals surface area contributed by atoms with Crippen molar-refractivity contribution in [3.63, 3.8) is 0 Å². The minimum absolute atomic E-state index is 0.0358. The van der Waals surface area contributed by atoms with Crippen LogP contribution in [0.1, 0.15) is 272 Å². The number of ether oxygens (including phenoxy) is 2. The lowest BCUT2D eigenvalue weighted by molar-refractivity contribution is -0.146. The highest BCUT2D eigenvalue weighted by Gasteiger charge is 2.47. The van der Waals surface area contributed by atoms with Crippen LogP contribution in [0, 0.1) is 11.8 Å². The van der Waals surface area contributed by atoms with E-state index >= 15 is 0 Å². The number of halogens is 2. The second-order valence-electron chi connectivity index (χ2n) is 20.5. The Kier molecular flexibility index (Phi) is 41.7. The fraction of sp³-hybridized carbons (Fsp3) is 0.964. The van der Waals surface area contributed by atoms with Crippen molar-refractivity contribution in [1.82, 2.24) is 9.80 Å². The maximum absolute atomic E-state index is 13.8. The SMILES string of the molecule is CCCCCCCCC(CCCCCCCC)COC(=O)CCCCCN(CCCCCC(=O)OCC(CCCCCCCC)CCCCCCCC)CCN(CCO)C1CC(F)(F)C1. The molecule has 0 unspecified atom stereocenters. The Morgan fingerprint density at radius 2 is 0.815 bits per heavy atom. The molecule has 65 heavy (non-hydrogen) atoms. The number of carbonyl (C=O) groups excluding carboxylic acids is 2. The van der Waals surface area contributed by atoms with Crippen LogP contribution in [-0.2, 0) is 19.1 Å². The summed E-state index contributed by atoms with van der Waals surface area (Å²) in [4.78, 5) is 30.2. The molecule has 0 aromatic rings. The van der Waals surface area contributed by atoms with Crippen molar-refractivity contribution >= 4 is 11.9 Å². The van der Waals surface area contributed by atoms with Gasteiger partial charge in [0, 0.05) is 51.4 Å². The molecular weight excluding hydrogens is 819 g/mol. The van der Waals surface area contributed by atoms with E-state index in [9.17, 15) is 23.5 Å². The minimum atomic E-state index is -2.59. The molecule has 0 saturated heterocycles. The van der Waals surface area contributed by atoms with E-state index in [4.69, 9.17) is 9.47 Å². The van der Waals surface area contributed by atoms with Crippen LogP contribution in [0.25, 0.3) is 0 Å². The van der Waals surface area contributed by atoms with Crippen molar-refractivity contribution in [2.75, 3.05) is 52.5 Å². The summed E-state index contributed by atoms with van der Waals surface area (Å²) in [6, 6.07) is -0.177. The fourth-order valence-corrected chi connectivity index (χ4v) is 9.70. The van der Waals surface area contributed by atoms with Crippen LogP contribution in [0.15, 0.2) is 0 Å². The number of rotatable bonds is 50. The monoisotopic (exact) mass is 927 g/mol. The first-order valence-electron chi connectivity index (χ1n) is 28.4. The predicted molar refractivity (Wildman–Crippen MR) is 271 cm³/mol. The summed E-state index contributed by atoms with van der Waals surface area (Å²) in [5.74, 6) is -1.79. The highest BCUT2D eigenvalue weighted by molar-refractivity contribution is 5.69. The van der Waals surface area contributed by atoms with E-state index in [1.807, 2.05) is 4.90 Å². The summed E-state index contributed by atoms with van der Waals surface area (Å²) >= 11 is 0. The first kappa shape index (κ1) is 61.7. The van der Waals surface area contributed by atoms with Crippen LogP contribution in [-0.4, -0.2) is 91.4 Å². The van der Waals surface area contributed by atoms with E-state index < -0.39 is 5.92 Å². The number of aliphatic hydroxyl groups excluding tert-OH is 1. The van der Waals surface area contributed by atoms with Gasteiger partial charge in [0.2, 0.25) is 0 Å². The van der Waals surface area contributed by atoms with Gasteiger partial charge in [-0.3, -0.25) is 14.5 Å². The van der Waals surface area contributed by atoms with Gasteiger partial charge >= 0.3 is 11.9 Å². The molecular formula is C56H108F2N2O5. The number of nitrogens with zero attached hydrogens (tertiary/aromatic N) is 2. The standard InChI is InChI=1S/C56H108F2N2O5/c1-5-9-13-17-21-27-35-51(36-28-22-18-14-10-6-2)49-64-54(62)39-31-25-33-41-59(43-44-60(45-46-61)53-47-56(57,58)48-53)42-34-26-32-40-55(63)65-50-52(37-29-23-19-15-11-7-3)38-30-24-20-16-12-8-4/h51-53,61H,5-50H2,1-4H3. The molecule has 0 atom stereocenters. The molecule has 0 aromatic heterocycles. The van der Waals surface area contributed by atoms with E-state index in [2.05, 4.69) is 32.6 Å². The molecule has 386 valence electrons. The normalized spacial score (nSPS) is 14.0. The van der Waals surface area contributed by atoms with Crippen LogP contribution in [0.2, 0.25) is 0 Å². The highest BCUT2D eigenvalue weighted by atomic mass is 19.3. The van der Waals surface area contributed by atoms with E-state index in [1.165, 1.54) is 154 Å². The van der Waals surface area contributed by atoms with Crippen molar-refractivity contribution in [1.29, 1.82) is 0 Å². The van der Waals surface area contributed by atoms with Crippen LogP contribution >= 0.6 is 0 Å². The van der Waals surface area contributed by atoms with Gasteiger partial charge in [-0.05, 0) is 76.3 Å². The fourth-order valence-electron chi connectivity index (χ4n) is 9.70. The second-order valence-corrected chi connectivity index (χ2v) is 20.5. The summed E-state index contributed by atoms with van der Waals surface area (Å²) in [7, 11) is 0. The van der Waals surface area contributed by atoms with Gasteiger partial charge in [-0.1, -0.05) is 195 Å². The number of aliphatic hydroxyl groups is 1. The van der Waals surface area contributed by atoms with Crippen LogP contribution in [0.4, 0.5) is 8.78 Å². The molecule has 0 radical (unpaired) electrons. The molecule has 1 fully saturated rings. The van der Waals surface area contributed by atoms with Gasteiger partial charge in [0.05, 0.1) is 19.8 Å². The molecule has 0 bridgehead atoms. The number of unbranched alkanes of at least 4 members (excludes halogenated alkanes) is 24. The Hall–Kier alpha value is -1.32. The number of carbonyl (C=O) groups is 2. The van der Waals surface area contributed by atoms with Gasteiger partial charge in [-0.15, -0.1) is 0 Å². The smallest absolute Gasteiger partial charge is 0.305 e. The van der Waals surface area contributed by atoms with Crippen molar-refractivity contribution in [2.45, 2.75) is 284 Å². The topological polar surface area (TPSA) is 79.3 Å². The second kappa shape index (κ2) is 43.9.